The van der Waals surface area contributed by atoms with Gasteiger partial charge in [0, 0.05) is 12.0 Å². The molecule has 0 radical (unpaired) electrons. The lowest BCUT2D eigenvalue weighted by atomic mass is 9.71. The van der Waals surface area contributed by atoms with Crippen molar-refractivity contribution in [2.24, 2.45) is 0 Å². The number of nitrogens with one attached hydrogen (secondary N) is 1. The van der Waals surface area contributed by atoms with Crippen LogP contribution < -0.4 is 29.0 Å². The molecular formula is C24H29NO5. The third kappa shape index (κ3) is 2.97. The van der Waals surface area contributed by atoms with Gasteiger partial charge in [-0.2, -0.15) is 0 Å². The second kappa shape index (κ2) is 7.58. The van der Waals surface area contributed by atoms with Crippen LogP contribution in [0.25, 0.3) is 0 Å². The van der Waals surface area contributed by atoms with Crippen LogP contribution in [0.5, 0.6) is 28.7 Å². The number of benzene rings is 2. The predicted octanol–water partition coefficient (Wildman–Crippen LogP) is 3.99. The van der Waals surface area contributed by atoms with Gasteiger partial charge in [-0.15, -0.1) is 0 Å². The van der Waals surface area contributed by atoms with Gasteiger partial charge in [-0.25, -0.2) is 0 Å². The molecule has 6 nitrogen and oxygen atoms in total. The Morgan fingerprint density at radius 1 is 0.867 bits per heavy atom. The van der Waals surface area contributed by atoms with E-state index in [0.29, 0.717) is 30.5 Å². The van der Waals surface area contributed by atoms with Gasteiger partial charge < -0.3 is 29.0 Å². The van der Waals surface area contributed by atoms with E-state index in [9.17, 15) is 0 Å². The molecule has 3 aliphatic rings. The third-order valence-corrected chi connectivity index (χ3v) is 6.82. The highest BCUT2D eigenvalue weighted by molar-refractivity contribution is 5.59. The fraction of sp³-hybridized carbons (Fsp3) is 0.500. The molecule has 0 unspecified atom stereocenters. The summed E-state index contributed by atoms with van der Waals surface area (Å²) in [4.78, 5) is 0. The highest BCUT2D eigenvalue weighted by Crippen LogP contribution is 2.51. The summed E-state index contributed by atoms with van der Waals surface area (Å²) in [6.07, 6.45) is 4.94. The highest BCUT2D eigenvalue weighted by atomic mass is 16.6. The zero-order chi connectivity index (χ0) is 20.7. The van der Waals surface area contributed by atoms with E-state index in [4.69, 9.17) is 23.7 Å². The molecule has 6 heteroatoms. The Morgan fingerprint density at radius 3 is 2.10 bits per heavy atom. The lowest BCUT2D eigenvalue weighted by Crippen LogP contribution is -2.44. The molecule has 0 aromatic heterocycles. The fourth-order valence-corrected chi connectivity index (χ4v) is 5.37. The van der Waals surface area contributed by atoms with Crippen molar-refractivity contribution < 1.29 is 23.7 Å². The standard InChI is InChI=1S/C24H29NO5/c1-26-20-10-15(11-21(27-2)23(20)28-3)22-16-12-18-19(30-9-8-29-18)13-17(16)24(14-25-22)6-4-5-7-24/h10-13,22,25H,4-9,14H2,1-3H3/t22-/m0/s1. The summed E-state index contributed by atoms with van der Waals surface area (Å²) in [6, 6.07) is 8.49. The first-order valence-corrected chi connectivity index (χ1v) is 10.7. The number of ether oxygens (including phenoxy) is 5. The van der Waals surface area contributed by atoms with Gasteiger partial charge in [0.15, 0.2) is 23.0 Å². The second-order valence-corrected chi connectivity index (χ2v) is 8.34. The monoisotopic (exact) mass is 411 g/mol. The van der Waals surface area contributed by atoms with Crippen molar-refractivity contribution in [2.45, 2.75) is 37.1 Å². The van der Waals surface area contributed by atoms with E-state index in [-0.39, 0.29) is 11.5 Å². The minimum absolute atomic E-state index is 0.00996. The van der Waals surface area contributed by atoms with Crippen LogP contribution in [0.4, 0.5) is 0 Å². The van der Waals surface area contributed by atoms with Gasteiger partial charge in [0.25, 0.3) is 0 Å². The minimum Gasteiger partial charge on any atom is -0.493 e. The van der Waals surface area contributed by atoms with Crippen LogP contribution in [0.1, 0.15) is 48.4 Å². The summed E-state index contributed by atoms with van der Waals surface area (Å²) in [6.45, 7) is 2.13. The Balaban J connectivity index is 1.66. The molecule has 1 spiro atoms. The number of hydrogen-bond donors (Lipinski definition) is 1. The molecule has 2 aromatic rings. The van der Waals surface area contributed by atoms with Crippen LogP contribution in [0.2, 0.25) is 0 Å². The lowest BCUT2D eigenvalue weighted by molar-refractivity contribution is 0.170. The average Bonchev–Trinajstić information content (AvgIpc) is 3.26. The Kier molecular flexibility index (Phi) is 4.89. The largest absolute Gasteiger partial charge is 0.493 e. The number of hydrogen-bond acceptors (Lipinski definition) is 6. The summed E-state index contributed by atoms with van der Waals surface area (Å²) in [5.41, 5.74) is 3.89. The van der Waals surface area contributed by atoms with Gasteiger partial charge in [-0.05, 0) is 53.8 Å². The summed E-state index contributed by atoms with van der Waals surface area (Å²) >= 11 is 0. The molecule has 30 heavy (non-hydrogen) atoms. The first-order valence-electron chi connectivity index (χ1n) is 10.7. The maximum atomic E-state index is 5.93. The van der Waals surface area contributed by atoms with Gasteiger partial charge in [0.2, 0.25) is 5.75 Å². The first-order chi connectivity index (χ1) is 14.7. The molecule has 0 bridgehead atoms. The zero-order valence-corrected chi connectivity index (χ0v) is 17.9. The van der Waals surface area contributed by atoms with E-state index in [1.807, 2.05) is 12.1 Å². The molecule has 2 aliphatic heterocycles. The summed E-state index contributed by atoms with van der Waals surface area (Å²) in [5.74, 6) is 3.63. The molecule has 5 rings (SSSR count). The first kappa shape index (κ1) is 19.4. The highest BCUT2D eigenvalue weighted by Gasteiger charge is 2.43. The molecular weight excluding hydrogens is 382 g/mol. The Bertz CT molecular complexity index is 926. The smallest absolute Gasteiger partial charge is 0.203 e. The van der Waals surface area contributed by atoms with Crippen molar-refractivity contribution >= 4 is 0 Å². The second-order valence-electron chi connectivity index (χ2n) is 8.34. The van der Waals surface area contributed by atoms with Crippen molar-refractivity contribution in [2.75, 3.05) is 41.1 Å². The van der Waals surface area contributed by atoms with Crippen molar-refractivity contribution in [3.8, 4) is 28.7 Å². The van der Waals surface area contributed by atoms with Gasteiger partial charge in [-0.1, -0.05) is 12.8 Å². The van der Waals surface area contributed by atoms with E-state index in [1.165, 1.54) is 36.8 Å². The van der Waals surface area contributed by atoms with Crippen LogP contribution in [0.3, 0.4) is 0 Å². The summed E-state index contributed by atoms with van der Waals surface area (Å²) in [7, 11) is 4.93. The van der Waals surface area contributed by atoms with Crippen LogP contribution in [0.15, 0.2) is 24.3 Å². The molecule has 0 saturated heterocycles. The molecule has 0 amide bonds. The summed E-state index contributed by atoms with van der Waals surface area (Å²) < 4.78 is 28.6. The Hall–Kier alpha value is -2.60. The van der Waals surface area contributed by atoms with E-state index in [1.54, 1.807) is 21.3 Å². The van der Waals surface area contributed by atoms with Crippen LogP contribution in [0, 0.1) is 0 Å². The van der Waals surface area contributed by atoms with Crippen molar-refractivity contribution in [3.63, 3.8) is 0 Å². The van der Waals surface area contributed by atoms with Gasteiger partial charge >= 0.3 is 0 Å². The van der Waals surface area contributed by atoms with E-state index in [0.717, 1.165) is 23.6 Å². The van der Waals surface area contributed by atoms with Crippen molar-refractivity contribution in [1.29, 1.82) is 0 Å². The van der Waals surface area contributed by atoms with Gasteiger partial charge in [0.05, 0.1) is 27.4 Å². The third-order valence-electron chi connectivity index (χ3n) is 6.82. The Morgan fingerprint density at radius 2 is 1.50 bits per heavy atom. The normalized spacial score (nSPS) is 21.2. The van der Waals surface area contributed by atoms with Crippen LogP contribution >= 0.6 is 0 Å². The lowest BCUT2D eigenvalue weighted by Gasteiger charge is -2.41. The number of methoxy groups -OCH3 is 3. The summed E-state index contributed by atoms with van der Waals surface area (Å²) in [5, 5.41) is 3.82. The topological polar surface area (TPSA) is 58.2 Å². The maximum Gasteiger partial charge on any atom is 0.203 e. The molecule has 1 fully saturated rings. The van der Waals surface area contributed by atoms with E-state index >= 15 is 0 Å². The van der Waals surface area contributed by atoms with E-state index in [2.05, 4.69) is 17.4 Å². The molecule has 160 valence electrons. The van der Waals surface area contributed by atoms with Crippen molar-refractivity contribution in [1.82, 2.24) is 5.32 Å². The van der Waals surface area contributed by atoms with Gasteiger partial charge in [0.1, 0.15) is 13.2 Å². The number of rotatable bonds is 4. The van der Waals surface area contributed by atoms with Crippen LogP contribution in [-0.2, 0) is 5.41 Å². The molecule has 1 saturated carbocycles. The zero-order valence-electron chi connectivity index (χ0n) is 17.9. The molecule has 1 aliphatic carbocycles. The van der Waals surface area contributed by atoms with Gasteiger partial charge in [-0.3, -0.25) is 0 Å². The Labute approximate surface area is 177 Å². The number of fused-ring (bicyclic) bond motifs is 3. The maximum absolute atomic E-state index is 5.93. The predicted molar refractivity (Wildman–Crippen MR) is 114 cm³/mol. The average molecular weight is 411 g/mol. The minimum atomic E-state index is 0.00996. The molecule has 1 atom stereocenters. The van der Waals surface area contributed by atoms with E-state index < -0.39 is 0 Å². The SMILES string of the molecule is COc1cc([C@@H]2NCC3(CCCC3)c3cc4c(cc32)OCCO4)cc(OC)c1OC. The molecule has 2 heterocycles. The van der Waals surface area contributed by atoms with Crippen LogP contribution in [-0.4, -0.2) is 41.1 Å². The fourth-order valence-electron chi connectivity index (χ4n) is 5.37. The molecule has 1 N–H and O–H groups in total. The van der Waals surface area contributed by atoms with Crippen molar-refractivity contribution in [3.05, 3.63) is 41.0 Å². The quantitative estimate of drug-likeness (QED) is 0.821. The molecule has 2 aromatic carbocycles.